The van der Waals surface area contributed by atoms with Crippen molar-refractivity contribution in [2.24, 2.45) is 0 Å². The molecule has 0 unspecified atom stereocenters. The zero-order chi connectivity index (χ0) is 15.2. The number of nitrogens with one attached hydrogen (secondary N) is 2. The number of amides is 1. The van der Waals surface area contributed by atoms with Crippen molar-refractivity contribution in [3.05, 3.63) is 11.9 Å². The van der Waals surface area contributed by atoms with Crippen LogP contribution in [0.2, 0.25) is 0 Å². The summed E-state index contributed by atoms with van der Waals surface area (Å²) in [5.74, 6) is 1.44. The van der Waals surface area contributed by atoms with Crippen molar-refractivity contribution in [3.8, 4) is 0 Å². The number of carbonyl (C=O) groups is 1. The summed E-state index contributed by atoms with van der Waals surface area (Å²) in [5.41, 5.74) is 5.55. The van der Waals surface area contributed by atoms with Crippen LogP contribution in [0.15, 0.2) is 6.07 Å². The molecule has 0 fully saturated rings. The van der Waals surface area contributed by atoms with Gasteiger partial charge in [0.2, 0.25) is 5.91 Å². The Kier molecular flexibility index (Phi) is 5.69. The number of nitrogen functional groups attached to an aromatic ring is 1. The number of carbonyl (C=O) groups excluding carboxylic acids is 1. The number of hydrogen-bond acceptors (Lipinski definition) is 6. The molecule has 1 amide bonds. The monoisotopic (exact) mass is 281 g/mol. The lowest BCUT2D eigenvalue weighted by atomic mass is 9.96. The van der Waals surface area contributed by atoms with E-state index in [1.807, 2.05) is 20.8 Å². The molecule has 4 N–H and O–H groups in total. The summed E-state index contributed by atoms with van der Waals surface area (Å²) in [4.78, 5) is 20.1. The van der Waals surface area contributed by atoms with E-state index in [4.69, 9.17) is 10.5 Å². The smallest absolute Gasteiger partial charge is 0.239 e. The normalized spacial score (nSPS) is 11.2. The number of aromatic nitrogens is 2. The molecule has 0 aliphatic heterocycles. The van der Waals surface area contributed by atoms with Gasteiger partial charge in [-0.15, -0.1) is 0 Å². The number of rotatable bonds is 6. The van der Waals surface area contributed by atoms with Crippen LogP contribution in [0.1, 0.15) is 26.6 Å². The average Bonchev–Trinajstić information content (AvgIpc) is 2.35. The van der Waals surface area contributed by atoms with E-state index >= 15 is 0 Å². The highest BCUT2D eigenvalue weighted by Crippen LogP contribution is 2.20. The Morgan fingerprint density at radius 3 is 2.70 bits per heavy atom. The minimum absolute atomic E-state index is 0.128. The SMILES string of the molecule is COCCNC(=O)CNc1cc(N)nc(C(C)(C)C)n1. The van der Waals surface area contributed by atoms with Gasteiger partial charge in [0.1, 0.15) is 17.5 Å². The van der Waals surface area contributed by atoms with Crippen molar-refractivity contribution < 1.29 is 9.53 Å². The highest BCUT2D eigenvalue weighted by Gasteiger charge is 2.18. The summed E-state index contributed by atoms with van der Waals surface area (Å²) in [6.45, 7) is 7.11. The molecule has 0 aromatic carbocycles. The second-order valence-corrected chi connectivity index (χ2v) is 5.45. The predicted molar refractivity (Wildman–Crippen MR) is 78.5 cm³/mol. The lowest BCUT2D eigenvalue weighted by molar-refractivity contribution is -0.119. The third-order valence-electron chi connectivity index (χ3n) is 2.48. The van der Waals surface area contributed by atoms with Crippen LogP contribution in [-0.4, -0.2) is 42.7 Å². The van der Waals surface area contributed by atoms with Crippen LogP contribution < -0.4 is 16.4 Å². The molecule has 7 heteroatoms. The molecule has 1 aromatic rings. The molecule has 0 atom stereocenters. The van der Waals surface area contributed by atoms with E-state index in [2.05, 4.69) is 20.6 Å². The molecule has 1 rings (SSSR count). The largest absolute Gasteiger partial charge is 0.384 e. The van der Waals surface area contributed by atoms with Gasteiger partial charge < -0.3 is 21.1 Å². The van der Waals surface area contributed by atoms with Crippen LogP contribution in [0, 0.1) is 0 Å². The first kappa shape index (κ1) is 16.2. The molecular formula is C13H23N5O2. The van der Waals surface area contributed by atoms with Gasteiger partial charge in [0.05, 0.1) is 13.2 Å². The molecule has 1 aromatic heterocycles. The number of nitrogens with zero attached hydrogens (tertiary/aromatic N) is 2. The number of hydrogen-bond donors (Lipinski definition) is 3. The van der Waals surface area contributed by atoms with Crippen molar-refractivity contribution >= 4 is 17.5 Å². The molecule has 0 aliphatic carbocycles. The van der Waals surface area contributed by atoms with Gasteiger partial charge in [-0.05, 0) is 0 Å². The van der Waals surface area contributed by atoms with Crippen LogP contribution in [0.25, 0.3) is 0 Å². The molecule has 112 valence electrons. The third kappa shape index (κ3) is 5.40. The van der Waals surface area contributed by atoms with Crippen LogP contribution >= 0.6 is 0 Å². The first-order chi connectivity index (χ1) is 9.32. The first-order valence-corrected chi connectivity index (χ1v) is 6.47. The second kappa shape index (κ2) is 7.04. The van der Waals surface area contributed by atoms with E-state index in [9.17, 15) is 4.79 Å². The van der Waals surface area contributed by atoms with Gasteiger partial charge in [0, 0.05) is 25.1 Å². The molecule has 7 nitrogen and oxygen atoms in total. The number of nitrogens with two attached hydrogens (primary N) is 1. The molecule has 0 saturated carbocycles. The molecular weight excluding hydrogens is 258 g/mol. The van der Waals surface area contributed by atoms with Crippen molar-refractivity contribution in [2.45, 2.75) is 26.2 Å². The Hall–Kier alpha value is -1.89. The van der Waals surface area contributed by atoms with E-state index in [1.165, 1.54) is 0 Å². The van der Waals surface area contributed by atoms with Crippen molar-refractivity contribution in [3.63, 3.8) is 0 Å². The van der Waals surface area contributed by atoms with Crippen LogP contribution in [0.4, 0.5) is 11.6 Å². The van der Waals surface area contributed by atoms with E-state index in [1.54, 1.807) is 13.2 Å². The maximum Gasteiger partial charge on any atom is 0.239 e. The van der Waals surface area contributed by atoms with Crippen LogP contribution in [-0.2, 0) is 14.9 Å². The summed E-state index contributed by atoms with van der Waals surface area (Å²) in [5, 5.41) is 5.65. The fourth-order valence-electron chi connectivity index (χ4n) is 1.42. The molecule has 1 heterocycles. The first-order valence-electron chi connectivity index (χ1n) is 6.47. The Morgan fingerprint density at radius 2 is 2.10 bits per heavy atom. The standard InChI is InChI=1S/C13H23N5O2/c1-13(2,3)12-17-9(14)7-10(18-12)16-8-11(19)15-5-6-20-4/h7H,5-6,8H2,1-4H3,(H,15,19)(H3,14,16,17,18). The molecule has 0 saturated heterocycles. The minimum atomic E-state index is -0.202. The summed E-state index contributed by atoms with van der Waals surface area (Å²) in [7, 11) is 1.59. The van der Waals surface area contributed by atoms with Crippen LogP contribution in [0.3, 0.4) is 0 Å². The summed E-state index contributed by atoms with van der Waals surface area (Å²) < 4.78 is 4.85. The topological polar surface area (TPSA) is 102 Å². The van der Waals surface area contributed by atoms with Gasteiger partial charge in [0.25, 0.3) is 0 Å². The predicted octanol–water partition coefficient (Wildman–Crippen LogP) is 0.531. The van der Waals surface area contributed by atoms with Crippen molar-refractivity contribution in [1.29, 1.82) is 0 Å². The number of methoxy groups -OCH3 is 1. The average molecular weight is 281 g/mol. The molecule has 0 radical (unpaired) electrons. The Labute approximate surface area is 119 Å². The molecule has 0 bridgehead atoms. The van der Waals surface area contributed by atoms with Crippen molar-refractivity contribution in [1.82, 2.24) is 15.3 Å². The van der Waals surface area contributed by atoms with Crippen molar-refractivity contribution in [2.75, 3.05) is 37.9 Å². The van der Waals surface area contributed by atoms with E-state index in [-0.39, 0.29) is 17.9 Å². The summed E-state index contributed by atoms with van der Waals surface area (Å²) in [6.07, 6.45) is 0. The van der Waals surface area contributed by atoms with Gasteiger partial charge in [-0.3, -0.25) is 4.79 Å². The van der Waals surface area contributed by atoms with Gasteiger partial charge in [-0.1, -0.05) is 20.8 Å². The summed E-state index contributed by atoms with van der Waals surface area (Å²) >= 11 is 0. The third-order valence-corrected chi connectivity index (χ3v) is 2.48. The number of anilines is 2. The summed E-state index contributed by atoms with van der Waals surface area (Å²) in [6, 6.07) is 1.61. The Bertz CT molecular complexity index is 457. The van der Waals surface area contributed by atoms with E-state index < -0.39 is 0 Å². The Balaban J connectivity index is 2.60. The van der Waals surface area contributed by atoms with Gasteiger partial charge in [-0.25, -0.2) is 9.97 Å². The lowest BCUT2D eigenvalue weighted by Gasteiger charge is -2.18. The fourth-order valence-corrected chi connectivity index (χ4v) is 1.42. The van der Waals surface area contributed by atoms with Gasteiger partial charge in [-0.2, -0.15) is 0 Å². The zero-order valence-electron chi connectivity index (χ0n) is 12.5. The minimum Gasteiger partial charge on any atom is -0.384 e. The zero-order valence-corrected chi connectivity index (χ0v) is 12.5. The van der Waals surface area contributed by atoms with Gasteiger partial charge >= 0.3 is 0 Å². The molecule has 0 aliphatic rings. The Morgan fingerprint density at radius 1 is 1.40 bits per heavy atom. The quantitative estimate of drug-likeness (QED) is 0.657. The second-order valence-electron chi connectivity index (χ2n) is 5.45. The van der Waals surface area contributed by atoms with Gasteiger partial charge in [0.15, 0.2) is 0 Å². The highest BCUT2D eigenvalue weighted by atomic mass is 16.5. The van der Waals surface area contributed by atoms with E-state index in [0.29, 0.717) is 30.6 Å². The molecule has 20 heavy (non-hydrogen) atoms. The van der Waals surface area contributed by atoms with E-state index in [0.717, 1.165) is 0 Å². The van der Waals surface area contributed by atoms with Crippen LogP contribution in [0.5, 0.6) is 0 Å². The number of ether oxygens (including phenoxy) is 1. The maximum atomic E-state index is 11.6. The fraction of sp³-hybridized carbons (Fsp3) is 0.615. The highest BCUT2D eigenvalue weighted by molar-refractivity contribution is 5.80. The molecule has 0 spiro atoms. The lowest BCUT2D eigenvalue weighted by Crippen LogP contribution is -2.32. The maximum absolute atomic E-state index is 11.6.